The van der Waals surface area contributed by atoms with Gasteiger partial charge in [-0.1, -0.05) is 26.3 Å². The number of ketones is 2. The van der Waals surface area contributed by atoms with Crippen LogP contribution < -0.4 is 0 Å². The SMILES string of the molecule is CC1C[C@@]2(C)C(=CC1=O)CCC1C2[C@@H](O)C[C@@]2(C)C1CC[C@]2(O)C(=O)CO. The summed E-state index contributed by atoms with van der Waals surface area (Å²) in [5.74, 6) is 0.0733. The van der Waals surface area contributed by atoms with Gasteiger partial charge in [0.25, 0.3) is 0 Å². The molecule has 27 heavy (non-hydrogen) atoms. The number of allylic oxidation sites excluding steroid dienone is 1. The molecule has 0 aliphatic heterocycles. The van der Waals surface area contributed by atoms with Gasteiger partial charge in [-0.3, -0.25) is 9.59 Å². The normalized spacial score (nSPS) is 51.9. The van der Waals surface area contributed by atoms with Crippen molar-refractivity contribution in [1.82, 2.24) is 0 Å². The van der Waals surface area contributed by atoms with E-state index in [1.54, 1.807) is 0 Å². The third kappa shape index (κ3) is 2.34. The van der Waals surface area contributed by atoms with E-state index in [1.807, 2.05) is 19.9 Å². The van der Waals surface area contributed by atoms with Gasteiger partial charge in [0.15, 0.2) is 11.6 Å². The van der Waals surface area contributed by atoms with Crippen LogP contribution in [0.5, 0.6) is 0 Å². The lowest BCUT2D eigenvalue weighted by Crippen LogP contribution is -2.62. The van der Waals surface area contributed by atoms with Crippen molar-refractivity contribution >= 4 is 11.6 Å². The first-order valence-corrected chi connectivity index (χ1v) is 10.4. The molecule has 8 atom stereocenters. The summed E-state index contributed by atoms with van der Waals surface area (Å²) in [5.41, 5.74) is -1.28. The van der Waals surface area contributed by atoms with Gasteiger partial charge < -0.3 is 15.3 Å². The monoisotopic (exact) mass is 376 g/mol. The maximum atomic E-state index is 12.4. The van der Waals surface area contributed by atoms with Crippen molar-refractivity contribution in [3.8, 4) is 0 Å². The summed E-state index contributed by atoms with van der Waals surface area (Å²) in [6.07, 6.45) is 5.17. The van der Waals surface area contributed by atoms with E-state index in [0.717, 1.165) is 25.7 Å². The minimum absolute atomic E-state index is 0.0329. The molecule has 0 aromatic rings. The highest BCUT2D eigenvalue weighted by molar-refractivity contribution is 5.93. The third-order valence-electron chi connectivity index (χ3n) is 8.96. The Hall–Kier alpha value is -1.04. The number of Topliss-reactive ketones (excluding diaryl/α,β-unsaturated/α-hetero) is 1. The molecule has 0 aromatic heterocycles. The van der Waals surface area contributed by atoms with Crippen LogP contribution in [-0.2, 0) is 9.59 Å². The number of carbonyl (C=O) groups excluding carboxylic acids is 2. The maximum Gasteiger partial charge on any atom is 0.190 e. The highest BCUT2D eigenvalue weighted by Gasteiger charge is 2.68. The fraction of sp³-hybridized carbons (Fsp3) is 0.818. The van der Waals surface area contributed by atoms with Crippen molar-refractivity contribution in [3.63, 3.8) is 0 Å². The fourth-order valence-electron chi connectivity index (χ4n) is 7.62. The van der Waals surface area contributed by atoms with E-state index in [0.29, 0.717) is 12.8 Å². The summed E-state index contributed by atoms with van der Waals surface area (Å²) in [5, 5.41) is 31.9. The molecule has 3 saturated carbocycles. The number of aliphatic hydroxyl groups is 3. The van der Waals surface area contributed by atoms with Crippen molar-refractivity contribution in [3.05, 3.63) is 11.6 Å². The topological polar surface area (TPSA) is 94.8 Å². The van der Waals surface area contributed by atoms with Crippen molar-refractivity contribution in [2.45, 2.75) is 71.0 Å². The standard InChI is InChI=1S/C22H32O5/c1-12-9-20(2)13(8-16(12)24)4-5-14-15-6-7-22(27,18(26)11-23)21(15,3)10-17(25)19(14)20/h8,12,14-15,17,19,23,25,27H,4-7,9-11H2,1-3H3/t12?,14?,15?,17-,19?,20-,21-,22-/m0/s1. The molecule has 0 aromatic carbocycles. The van der Waals surface area contributed by atoms with E-state index in [1.165, 1.54) is 5.57 Å². The van der Waals surface area contributed by atoms with Crippen LogP contribution in [0.4, 0.5) is 0 Å². The molecule has 3 N–H and O–H groups in total. The molecule has 0 saturated heterocycles. The third-order valence-corrected chi connectivity index (χ3v) is 8.96. The quantitative estimate of drug-likeness (QED) is 0.685. The number of carbonyl (C=O) groups is 2. The summed E-state index contributed by atoms with van der Waals surface area (Å²) < 4.78 is 0. The first-order valence-electron chi connectivity index (χ1n) is 10.4. The Bertz CT molecular complexity index is 713. The van der Waals surface area contributed by atoms with E-state index >= 15 is 0 Å². The summed E-state index contributed by atoms with van der Waals surface area (Å²) in [6, 6.07) is 0. The van der Waals surface area contributed by atoms with Gasteiger partial charge in [-0.15, -0.1) is 0 Å². The number of aliphatic hydroxyl groups excluding tert-OH is 2. The van der Waals surface area contributed by atoms with Crippen LogP contribution in [0.2, 0.25) is 0 Å². The van der Waals surface area contributed by atoms with Gasteiger partial charge in [-0.05, 0) is 67.8 Å². The second-order valence-electron chi connectivity index (χ2n) is 10.1. The molecule has 5 heteroatoms. The number of rotatable bonds is 2. The zero-order chi connectivity index (χ0) is 19.8. The molecule has 0 bridgehead atoms. The van der Waals surface area contributed by atoms with Crippen molar-refractivity contribution in [1.29, 1.82) is 0 Å². The van der Waals surface area contributed by atoms with E-state index in [9.17, 15) is 24.9 Å². The van der Waals surface area contributed by atoms with Crippen LogP contribution in [-0.4, -0.2) is 45.2 Å². The second-order valence-corrected chi connectivity index (χ2v) is 10.1. The Morgan fingerprint density at radius 3 is 2.63 bits per heavy atom. The molecule has 4 aliphatic rings. The lowest BCUT2D eigenvalue weighted by Gasteiger charge is -2.60. The molecule has 0 radical (unpaired) electrons. The Morgan fingerprint density at radius 2 is 1.96 bits per heavy atom. The van der Waals surface area contributed by atoms with Crippen molar-refractivity contribution in [2.75, 3.05) is 6.61 Å². The van der Waals surface area contributed by atoms with Gasteiger partial charge in [0.1, 0.15) is 12.2 Å². The zero-order valence-electron chi connectivity index (χ0n) is 16.6. The predicted octanol–water partition coefficient (Wildman–Crippen LogP) is 2.03. The highest BCUT2D eigenvalue weighted by Crippen LogP contribution is 2.67. The van der Waals surface area contributed by atoms with Crippen molar-refractivity contribution in [2.24, 2.45) is 34.5 Å². The molecule has 0 amide bonds. The van der Waals surface area contributed by atoms with Gasteiger partial charge in [0.2, 0.25) is 0 Å². The summed E-state index contributed by atoms with van der Waals surface area (Å²) in [6.45, 7) is 5.44. The van der Waals surface area contributed by atoms with Crippen LogP contribution in [0.15, 0.2) is 11.6 Å². The molecule has 0 spiro atoms. The Morgan fingerprint density at radius 1 is 1.26 bits per heavy atom. The molecular weight excluding hydrogens is 344 g/mol. The first-order chi connectivity index (χ1) is 12.6. The van der Waals surface area contributed by atoms with Crippen LogP contribution in [0, 0.1) is 34.5 Å². The Balaban J connectivity index is 1.74. The van der Waals surface area contributed by atoms with Gasteiger partial charge in [-0.25, -0.2) is 0 Å². The van der Waals surface area contributed by atoms with Crippen LogP contribution in [0.3, 0.4) is 0 Å². The minimum Gasteiger partial charge on any atom is -0.393 e. The largest absolute Gasteiger partial charge is 0.393 e. The van der Waals surface area contributed by atoms with Gasteiger partial charge in [-0.2, -0.15) is 0 Å². The van der Waals surface area contributed by atoms with E-state index < -0.39 is 29.5 Å². The molecule has 4 rings (SSSR count). The minimum atomic E-state index is -1.55. The Kier molecular flexibility index (Phi) is 4.27. The number of hydrogen-bond acceptors (Lipinski definition) is 5. The molecule has 5 nitrogen and oxygen atoms in total. The van der Waals surface area contributed by atoms with Crippen molar-refractivity contribution < 1.29 is 24.9 Å². The van der Waals surface area contributed by atoms with Gasteiger partial charge >= 0.3 is 0 Å². The summed E-state index contributed by atoms with van der Waals surface area (Å²) >= 11 is 0. The van der Waals surface area contributed by atoms with Crippen LogP contribution in [0.1, 0.15) is 59.3 Å². The second kappa shape index (κ2) is 5.98. The lowest BCUT2D eigenvalue weighted by molar-refractivity contribution is -0.183. The molecule has 4 unspecified atom stereocenters. The maximum absolute atomic E-state index is 12.4. The molecule has 0 heterocycles. The number of hydrogen-bond donors (Lipinski definition) is 3. The smallest absolute Gasteiger partial charge is 0.190 e. The molecule has 4 aliphatic carbocycles. The van der Waals surface area contributed by atoms with E-state index in [-0.39, 0.29) is 34.9 Å². The van der Waals surface area contributed by atoms with E-state index in [2.05, 4.69) is 6.92 Å². The van der Waals surface area contributed by atoms with Gasteiger partial charge in [0, 0.05) is 11.3 Å². The zero-order valence-corrected chi connectivity index (χ0v) is 16.6. The molecule has 150 valence electrons. The predicted molar refractivity (Wildman–Crippen MR) is 99.7 cm³/mol. The highest BCUT2D eigenvalue weighted by atomic mass is 16.3. The van der Waals surface area contributed by atoms with Crippen LogP contribution >= 0.6 is 0 Å². The molecular formula is C22H32O5. The summed E-state index contributed by atoms with van der Waals surface area (Å²) in [7, 11) is 0. The molecule has 3 fully saturated rings. The lowest BCUT2D eigenvalue weighted by atomic mass is 9.45. The average Bonchev–Trinajstić information content (AvgIpc) is 2.87. The first kappa shape index (κ1) is 19.3. The average molecular weight is 376 g/mol. The number of fused-ring (bicyclic) bond motifs is 5. The van der Waals surface area contributed by atoms with E-state index in [4.69, 9.17) is 0 Å². The summed E-state index contributed by atoms with van der Waals surface area (Å²) in [4.78, 5) is 24.6. The fourth-order valence-corrected chi connectivity index (χ4v) is 7.62. The van der Waals surface area contributed by atoms with Gasteiger partial charge in [0.05, 0.1) is 6.10 Å². The van der Waals surface area contributed by atoms with Crippen LogP contribution in [0.25, 0.3) is 0 Å². The Labute approximate surface area is 160 Å².